The van der Waals surface area contributed by atoms with Gasteiger partial charge in [0.25, 0.3) is 0 Å². The Morgan fingerprint density at radius 2 is 2.08 bits per heavy atom. The van der Waals surface area contributed by atoms with Gasteiger partial charge in [0.1, 0.15) is 11.2 Å². The number of rotatable bonds is 2. The van der Waals surface area contributed by atoms with E-state index in [0.29, 0.717) is 15.9 Å². The number of halogens is 2. The van der Waals surface area contributed by atoms with Crippen molar-refractivity contribution in [2.45, 2.75) is 19.3 Å². The molecular formula is C18H19BrFN3O. The summed E-state index contributed by atoms with van der Waals surface area (Å²) in [6.45, 7) is 6.78. The minimum absolute atomic E-state index is 0.118. The number of likely N-dealkylation sites (N-methyl/N-ethyl adjacent to an activating group) is 1. The van der Waals surface area contributed by atoms with E-state index in [-0.39, 0.29) is 11.7 Å². The summed E-state index contributed by atoms with van der Waals surface area (Å²) in [6.07, 6.45) is 1.70. The van der Waals surface area contributed by atoms with Crippen molar-refractivity contribution in [3.05, 3.63) is 34.2 Å². The molecule has 2 aromatic rings. The van der Waals surface area contributed by atoms with Crippen LogP contribution in [0.15, 0.2) is 22.8 Å². The molecule has 24 heavy (non-hydrogen) atoms. The van der Waals surface area contributed by atoms with Gasteiger partial charge in [0, 0.05) is 43.7 Å². The zero-order chi connectivity index (χ0) is 17.2. The van der Waals surface area contributed by atoms with Gasteiger partial charge in [0.15, 0.2) is 0 Å². The maximum Gasteiger partial charge on any atom is 0.240 e. The first-order valence-corrected chi connectivity index (χ1v) is 8.91. The van der Waals surface area contributed by atoms with Crippen LogP contribution in [0.25, 0.3) is 10.9 Å². The van der Waals surface area contributed by atoms with Crippen molar-refractivity contribution in [1.29, 1.82) is 0 Å². The molecule has 2 aliphatic heterocycles. The number of likely N-dealkylation sites (tertiary alicyclic amines) is 1. The highest BCUT2D eigenvalue weighted by atomic mass is 79.9. The van der Waals surface area contributed by atoms with E-state index in [1.807, 2.05) is 0 Å². The molecule has 0 aliphatic carbocycles. The zero-order valence-electron chi connectivity index (χ0n) is 13.9. The summed E-state index contributed by atoms with van der Waals surface area (Å²) in [5, 5.41) is 0.864. The smallest absolute Gasteiger partial charge is 0.240 e. The Kier molecular flexibility index (Phi) is 3.48. The first kappa shape index (κ1) is 16.0. The molecule has 0 unspecified atom stereocenters. The van der Waals surface area contributed by atoms with Gasteiger partial charge in [-0.15, -0.1) is 0 Å². The summed E-state index contributed by atoms with van der Waals surface area (Å²) < 4.78 is 14.3. The molecule has 0 atom stereocenters. The van der Waals surface area contributed by atoms with Crippen molar-refractivity contribution in [2.24, 2.45) is 5.92 Å². The summed E-state index contributed by atoms with van der Waals surface area (Å²) in [4.78, 5) is 21.4. The van der Waals surface area contributed by atoms with Gasteiger partial charge in [0.2, 0.25) is 5.91 Å². The van der Waals surface area contributed by atoms with Gasteiger partial charge in [-0.05, 0) is 27.9 Å². The van der Waals surface area contributed by atoms with Gasteiger partial charge >= 0.3 is 0 Å². The molecule has 1 saturated heterocycles. The standard InChI is InChI=1S/C18H19BrFN3O/c1-10(2)7-23-8-18(9-23)16-11-4-12(19)13(20)5-14(11)21-6-15(16)22(3)17(18)24/h4-6,10H,7-9H2,1-3H3. The van der Waals surface area contributed by atoms with Gasteiger partial charge in [-0.2, -0.15) is 0 Å². The van der Waals surface area contributed by atoms with Gasteiger partial charge in [-0.1, -0.05) is 13.8 Å². The van der Waals surface area contributed by atoms with E-state index in [0.717, 1.165) is 36.3 Å². The SMILES string of the molecule is CC(C)CN1CC2(C1)C(=O)N(C)c1cnc3cc(F)c(Br)cc3c12. The lowest BCUT2D eigenvalue weighted by molar-refractivity contribution is -0.129. The molecule has 4 rings (SSSR count). The van der Waals surface area contributed by atoms with Crippen LogP contribution < -0.4 is 4.90 Å². The van der Waals surface area contributed by atoms with Crippen LogP contribution in [0.1, 0.15) is 19.4 Å². The number of hydrogen-bond acceptors (Lipinski definition) is 3. The number of fused-ring (bicyclic) bond motifs is 4. The fraction of sp³-hybridized carbons (Fsp3) is 0.444. The lowest BCUT2D eigenvalue weighted by atomic mass is 9.73. The molecule has 1 fully saturated rings. The Bertz CT molecular complexity index is 861. The minimum Gasteiger partial charge on any atom is -0.313 e. The van der Waals surface area contributed by atoms with Gasteiger partial charge in [0.05, 0.1) is 21.9 Å². The first-order valence-electron chi connectivity index (χ1n) is 8.12. The topological polar surface area (TPSA) is 36.4 Å². The Morgan fingerprint density at radius 1 is 1.38 bits per heavy atom. The molecule has 0 saturated carbocycles. The summed E-state index contributed by atoms with van der Waals surface area (Å²) in [7, 11) is 1.80. The fourth-order valence-electron chi connectivity index (χ4n) is 4.13. The number of pyridine rings is 1. The summed E-state index contributed by atoms with van der Waals surface area (Å²) in [6, 6.07) is 3.19. The molecule has 0 bridgehead atoms. The van der Waals surface area contributed by atoms with Crippen molar-refractivity contribution in [2.75, 3.05) is 31.6 Å². The Balaban J connectivity index is 1.88. The van der Waals surface area contributed by atoms with Crippen molar-refractivity contribution in [3.63, 3.8) is 0 Å². The van der Waals surface area contributed by atoms with Gasteiger partial charge < -0.3 is 9.80 Å². The lowest BCUT2D eigenvalue weighted by Gasteiger charge is -2.47. The fourth-order valence-corrected chi connectivity index (χ4v) is 4.47. The number of hydrogen-bond donors (Lipinski definition) is 0. The van der Waals surface area contributed by atoms with Crippen LogP contribution in [-0.4, -0.2) is 42.5 Å². The van der Waals surface area contributed by atoms with Crippen molar-refractivity contribution in [3.8, 4) is 0 Å². The number of benzene rings is 1. The molecule has 1 aromatic carbocycles. The van der Waals surface area contributed by atoms with Crippen LogP contribution >= 0.6 is 15.9 Å². The third-order valence-corrected chi connectivity index (χ3v) is 5.66. The average Bonchev–Trinajstić information content (AvgIpc) is 2.70. The van der Waals surface area contributed by atoms with E-state index >= 15 is 0 Å². The number of aromatic nitrogens is 1. The summed E-state index contributed by atoms with van der Waals surface area (Å²) >= 11 is 3.27. The number of carbonyl (C=O) groups excluding carboxylic acids is 1. The lowest BCUT2D eigenvalue weighted by Crippen LogP contribution is -2.64. The Labute approximate surface area is 148 Å². The van der Waals surface area contributed by atoms with E-state index in [9.17, 15) is 9.18 Å². The molecule has 6 heteroatoms. The van der Waals surface area contributed by atoms with E-state index < -0.39 is 5.41 Å². The van der Waals surface area contributed by atoms with Crippen molar-refractivity contribution >= 4 is 38.4 Å². The van der Waals surface area contributed by atoms with E-state index in [2.05, 4.69) is 39.7 Å². The van der Waals surface area contributed by atoms with Crippen LogP contribution in [0.2, 0.25) is 0 Å². The zero-order valence-corrected chi connectivity index (χ0v) is 15.5. The first-order chi connectivity index (χ1) is 11.3. The molecule has 126 valence electrons. The van der Waals surface area contributed by atoms with Crippen molar-refractivity contribution in [1.82, 2.24) is 9.88 Å². The molecular weight excluding hydrogens is 373 g/mol. The van der Waals surface area contributed by atoms with Crippen LogP contribution in [-0.2, 0) is 10.2 Å². The Morgan fingerprint density at radius 3 is 2.75 bits per heavy atom. The van der Waals surface area contributed by atoms with Crippen LogP contribution in [0.4, 0.5) is 10.1 Å². The monoisotopic (exact) mass is 391 g/mol. The highest BCUT2D eigenvalue weighted by Crippen LogP contribution is 2.49. The molecule has 1 amide bonds. The second-order valence-corrected chi connectivity index (χ2v) is 8.17. The molecule has 2 aliphatic rings. The van der Waals surface area contributed by atoms with Crippen LogP contribution in [0.3, 0.4) is 0 Å². The quantitative estimate of drug-likeness (QED) is 0.787. The third kappa shape index (κ3) is 2.05. The maximum absolute atomic E-state index is 13.9. The third-order valence-electron chi connectivity index (χ3n) is 5.05. The maximum atomic E-state index is 13.9. The van der Waals surface area contributed by atoms with E-state index in [1.165, 1.54) is 6.07 Å². The predicted molar refractivity (Wildman–Crippen MR) is 95.8 cm³/mol. The highest BCUT2D eigenvalue weighted by molar-refractivity contribution is 9.10. The predicted octanol–water partition coefficient (Wildman–Crippen LogP) is 3.32. The number of anilines is 1. The van der Waals surface area contributed by atoms with Gasteiger partial charge in [-0.25, -0.2) is 4.39 Å². The number of carbonyl (C=O) groups is 1. The largest absolute Gasteiger partial charge is 0.313 e. The normalized spacial score (nSPS) is 19.4. The number of amides is 1. The molecule has 1 aromatic heterocycles. The Hall–Kier alpha value is -1.53. The average molecular weight is 392 g/mol. The molecule has 1 spiro atoms. The van der Waals surface area contributed by atoms with Crippen LogP contribution in [0.5, 0.6) is 0 Å². The summed E-state index contributed by atoms with van der Waals surface area (Å²) in [5.74, 6) is 0.345. The van der Waals surface area contributed by atoms with Crippen molar-refractivity contribution < 1.29 is 9.18 Å². The highest BCUT2D eigenvalue weighted by Gasteiger charge is 2.57. The number of nitrogens with zero attached hydrogens (tertiary/aromatic N) is 3. The van der Waals surface area contributed by atoms with E-state index in [1.54, 1.807) is 24.2 Å². The molecule has 3 heterocycles. The molecule has 0 N–H and O–H groups in total. The second-order valence-electron chi connectivity index (χ2n) is 7.31. The minimum atomic E-state index is -0.516. The molecule has 4 nitrogen and oxygen atoms in total. The van der Waals surface area contributed by atoms with Gasteiger partial charge in [-0.3, -0.25) is 9.78 Å². The van der Waals surface area contributed by atoms with E-state index in [4.69, 9.17) is 0 Å². The molecule has 0 radical (unpaired) electrons. The summed E-state index contributed by atoms with van der Waals surface area (Å²) in [5.41, 5.74) is 1.92. The second kappa shape index (κ2) is 5.23. The van der Waals surface area contributed by atoms with Crippen LogP contribution in [0, 0.1) is 11.7 Å².